The molecule has 0 aliphatic carbocycles. The van der Waals surface area contributed by atoms with Crippen molar-refractivity contribution in [3.05, 3.63) is 0 Å². The largest absolute Gasteiger partial charge is 0.306 e. The van der Waals surface area contributed by atoms with Crippen LogP contribution in [0.5, 0.6) is 0 Å². The summed E-state index contributed by atoms with van der Waals surface area (Å²) >= 11 is 3.48. The number of piperidine rings is 1. The van der Waals surface area contributed by atoms with E-state index in [2.05, 4.69) is 39.8 Å². The standard InChI is InChI=1S/C12H25BrN2/c1-14-9-5-12(6-10-14)11-15(2)8-4-3-7-13/h12H,3-11H2,1-2H3. The van der Waals surface area contributed by atoms with Crippen LogP contribution in [0.2, 0.25) is 0 Å². The third kappa shape index (κ3) is 5.88. The van der Waals surface area contributed by atoms with Crippen LogP contribution in [0.25, 0.3) is 0 Å². The minimum absolute atomic E-state index is 0.940. The van der Waals surface area contributed by atoms with Crippen molar-refractivity contribution in [1.82, 2.24) is 9.80 Å². The second kappa shape index (κ2) is 7.64. The van der Waals surface area contributed by atoms with Gasteiger partial charge in [-0.3, -0.25) is 0 Å². The number of halogens is 1. The van der Waals surface area contributed by atoms with Gasteiger partial charge in [0.25, 0.3) is 0 Å². The Bertz CT molecular complexity index is 156. The van der Waals surface area contributed by atoms with Gasteiger partial charge in [-0.2, -0.15) is 0 Å². The molecular weight excluding hydrogens is 252 g/mol. The summed E-state index contributed by atoms with van der Waals surface area (Å²) in [6.45, 7) is 5.15. The van der Waals surface area contributed by atoms with Gasteiger partial charge in [0.2, 0.25) is 0 Å². The lowest BCUT2D eigenvalue weighted by Gasteiger charge is -2.31. The maximum Gasteiger partial charge on any atom is 0.00317 e. The first kappa shape index (κ1) is 13.5. The second-order valence-electron chi connectivity index (χ2n) is 4.90. The zero-order valence-electron chi connectivity index (χ0n) is 10.2. The van der Waals surface area contributed by atoms with Gasteiger partial charge in [-0.25, -0.2) is 0 Å². The molecule has 1 aliphatic rings. The summed E-state index contributed by atoms with van der Waals surface area (Å²) in [5.74, 6) is 0.940. The number of rotatable bonds is 6. The van der Waals surface area contributed by atoms with Gasteiger partial charge in [-0.1, -0.05) is 15.9 Å². The number of alkyl halides is 1. The van der Waals surface area contributed by atoms with Gasteiger partial charge < -0.3 is 9.80 Å². The Morgan fingerprint density at radius 1 is 1.27 bits per heavy atom. The molecule has 0 N–H and O–H groups in total. The Labute approximate surface area is 103 Å². The Balaban J connectivity index is 2.06. The van der Waals surface area contributed by atoms with Crippen LogP contribution < -0.4 is 0 Å². The van der Waals surface area contributed by atoms with E-state index >= 15 is 0 Å². The van der Waals surface area contributed by atoms with Crippen molar-refractivity contribution in [2.45, 2.75) is 25.7 Å². The van der Waals surface area contributed by atoms with Crippen molar-refractivity contribution in [2.24, 2.45) is 5.92 Å². The van der Waals surface area contributed by atoms with E-state index in [4.69, 9.17) is 0 Å². The van der Waals surface area contributed by atoms with Gasteiger partial charge in [-0.05, 0) is 65.3 Å². The molecule has 2 nitrogen and oxygen atoms in total. The van der Waals surface area contributed by atoms with Gasteiger partial charge in [-0.15, -0.1) is 0 Å². The quantitative estimate of drug-likeness (QED) is 0.543. The topological polar surface area (TPSA) is 6.48 Å². The van der Waals surface area contributed by atoms with E-state index < -0.39 is 0 Å². The molecule has 1 heterocycles. The summed E-state index contributed by atoms with van der Waals surface area (Å²) < 4.78 is 0. The predicted octanol–water partition coefficient (Wildman–Crippen LogP) is 2.44. The third-order valence-electron chi connectivity index (χ3n) is 3.33. The van der Waals surface area contributed by atoms with Gasteiger partial charge in [0.05, 0.1) is 0 Å². The van der Waals surface area contributed by atoms with E-state index in [1.54, 1.807) is 0 Å². The average Bonchev–Trinajstić information content (AvgIpc) is 2.22. The molecule has 90 valence electrons. The number of hydrogen-bond donors (Lipinski definition) is 0. The zero-order valence-corrected chi connectivity index (χ0v) is 11.8. The van der Waals surface area contributed by atoms with Crippen LogP contribution in [0.3, 0.4) is 0 Å². The van der Waals surface area contributed by atoms with Crippen LogP contribution in [0.4, 0.5) is 0 Å². The highest BCUT2D eigenvalue weighted by atomic mass is 79.9. The summed E-state index contributed by atoms with van der Waals surface area (Å²) in [4.78, 5) is 4.96. The first-order valence-electron chi connectivity index (χ1n) is 6.15. The summed E-state index contributed by atoms with van der Waals surface area (Å²) in [5.41, 5.74) is 0. The minimum atomic E-state index is 0.940. The Morgan fingerprint density at radius 2 is 1.93 bits per heavy atom. The van der Waals surface area contributed by atoms with Crippen molar-refractivity contribution in [1.29, 1.82) is 0 Å². The van der Waals surface area contributed by atoms with Crippen molar-refractivity contribution < 1.29 is 0 Å². The van der Waals surface area contributed by atoms with Crippen LogP contribution in [-0.4, -0.2) is 55.4 Å². The Hall–Kier alpha value is 0.400. The maximum atomic E-state index is 3.48. The minimum Gasteiger partial charge on any atom is -0.306 e. The summed E-state index contributed by atoms with van der Waals surface area (Å²) in [6.07, 6.45) is 5.41. The third-order valence-corrected chi connectivity index (χ3v) is 3.89. The van der Waals surface area contributed by atoms with Crippen LogP contribution in [0, 0.1) is 5.92 Å². The average molecular weight is 277 g/mol. The SMILES string of the molecule is CN1CCC(CN(C)CCCCBr)CC1. The predicted molar refractivity (Wildman–Crippen MR) is 70.7 cm³/mol. The number of hydrogen-bond acceptors (Lipinski definition) is 2. The molecule has 0 unspecified atom stereocenters. The fraction of sp³-hybridized carbons (Fsp3) is 1.00. The number of likely N-dealkylation sites (tertiary alicyclic amines) is 1. The van der Waals surface area contributed by atoms with E-state index in [1.807, 2.05) is 0 Å². The van der Waals surface area contributed by atoms with E-state index in [-0.39, 0.29) is 0 Å². The van der Waals surface area contributed by atoms with Crippen molar-refractivity contribution in [3.63, 3.8) is 0 Å². The summed E-state index contributed by atoms with van der Waals surface area (Å²) in [7, 11) is 4.50. The van der Waals surface area contributed by atoms with Crippen molar-refractivity contribution >= 4 is 15.9 Å². The smallest absolute Gasteiger partial charge is 0.00317 e. The molecule has 0 radical (unpaired) electrons. The van der Waals surface area contributed by atoms with Crippen LogP contribution in [0.1, 0.15) is 25.7 Å². The molecule has 1 fully saturated rings. The van der Waals surface area contributed by atoms with E-state index in [1.165, 1.54) is 51.9 Å². The summed E-state index contributed by atoms with van der Waals surface area (Å²) in [6, 6.07) is 0. The van der Waals surface area contributed by atoms with Gasteiger partial charge in [0, 0.05) is 11.9 Å². The van der Waals surface area contributed by atoms with Crippen LogP contribution in [0.15, 0.2) is 0 Å². The normalized spacial score (nSPS) is 20.0. The zero-order chi connectivity index (χ0) is 11.1. The molecule has 0 amide bonds. The van der Waals surface area contributed by atoms with E-state index in [0.29, 0.717) is 0 Å². The highest BCUT2D eigenvalue weighted by molar-refractivity contribution is 9.09. The van der Waals surface area contributed by atoms with Gasteiger partial charge >= 0.3 is 0 Å². The molecule has 0 spiro atoms. The molecule has 0 aromatic rings. The van der Waals surface area contributed by atoms with Gasteiger partial charge in [0.1, 0.15) is 0 Å². The number of unbranched alkanes of at least 4 members (excludes halogenated alkanes) is 1. The first-order chi connectivity index (χ1) is 7.22. The molecule has 15 heavy (non-hydrogen) atoms. The molecule has 0 atom stereocenters. The molecule has 0 aromatic heterocycles. The lowest BCUT2D eigenvalue weighted by atomic mass is 9.96. The Morgan fingerprint density at radius 3 is 2.53 bits per heavy atom. The molecule has 1 rings (SSSR count). The molecule has 1 saturated heterocycles. The van der Waals surface area contributed by atoms with Crippen molar-refractivity contribution in [2.75, 3.05) is 45.6 Å². The lowest BCUT2D eigenvalue weighted by molar-refractivity contribution is 0.175. The number of nitrogens with zero attached hydrogens (tertiary/aromatic N) is 2. The molecule has 0 aromatic carbocycles. The van der Waals surface area contributed by atoms with Crippen LogP contribution >= 0.6 is 15.9 Å². The molecule has 1 aliphatic heterocycles. The monoisotopic (exact) mass is 276 g/mol. The first-order valence-corrected chi connectivity index (χ1v) is 7.27. The van der Waals surface area contributed by atoms with Crippen molar-refractivity contribution in [3.8, 4) is 0 Å². The fourth-order valence-corrected chi connectivity index (χ4v) is 2.65. The highest BCUT2D eigenvalue weighted by Gasteiger charge is 2.17. The summed E-state index contributed by atoms with van der Waals surface area (Å²) in [5, 5.41) is 1.15. The van der Waals surface area contributed by atoms with Crippen LogP contribution in [-0.2, 0) is 0 Å². The lowest BCUT2D eigenvalue weighted by Crippen LogP contribution is -2.36. The molecule has 3 heteroatoms. The molecular formula is C12H25BrN2. The van der Waals surface area contributed by atoms with E-state index in [9.17, 15) is 0 Å². The Kier molecular flexibility index (Phi) is 6.86. The highest BCUT2D eigenvalue weighted by Crippen LogP contribution is 2.16. The van der Waals surface area contributed by atoms with Gasteiger partial charge in [0.15, 0.2) is 0 Å². The second-order valence-corrected chi connectivity index (χ2v) is 5.70. The van der Waals surface area contributed by atoms with E-state index in [0.717, 1.165) is 11.2 Å². The fourth-order valence-electron chi connectivity index (χ4n) is 2.25. The molecule has 0 bridgehead atoms. The maximum absolute atomic E-state index is 3.48. The molecule has 0 saturated carbocycles.